The van der Waals surface area contributed by atoms with E-state index in [-0.39, 0.29) is 5.56 Å². The average Bonchev–Trinajstić information content (AvgIpc) is 3.34. The van der Waals surface area contributed by atoms with E-state index >= 15 is 0 Å². The zero-order valence-corrected chi connectivity index (χ0v) is 18.4. The minimum atomic E-state index is -0.223. The third-order valence-corrected chi connectivity index (χ3v) is 5.86. The highest BCUT2D eigenvalue weighted by Gasteiger charge is 2.13. The molecule has 0 unspecified atom stereocenters. The quantitative estimate of drug-likeness (QED) is 0.292. The van der Waals surface area contributed by atoms with Crippen LogP contribution in [0, 0.1) is 0 Å². The van der Waals surface area contributed by atoms with E-state index in [0.717, 1.165) is 25.3 Å². The van der Waals surface area contributed by atoms with E-state index in [1.54, 1.807) is 31.5 Å². The van der Waals surface area contributed by atoms with Crippen LogP contribution in [-0.2, 0) is 0 Å². The Morgan fingerprint density at radius 2 is 1.97 bits per heavy atom. The maximum atomic E-state index is 12.4. The molecule has 9 heteroatoms. The molecular formula is C24H26N6O3. The second kappa shape index (κ2) is 8.95. The number of aromatic nitrogens is 3. The fourth-order valence-corrected chi connectivity index (χ4v) is 4.17. The summed E-state index contributed by atoms with van der Waals surface area (Å²) in [6.45, 7) is 3.82. The van der Waals surface area contributed by atoms with E-state index in [0.29, 0.717) is 51.5 Å². The van der Waals surface area contributed by atoms with Crippen molar-refractivity contribution in [2.24, 2.45) is 0 Å². The maximum Gasteiger partial charge on any atom is 0.256 e. The van der Waals surface area contributed by atoms with Crippen LogP contribution in [0.25, 0.3) is 21.8 Å². The first kappa shape index (κ1) is 21.0. The van der Waals surface area contributed by atoms with Gasteiger partial charge in [-0.05, 0) is 56.3 Å². The largest absolute Gasteiger partial charge is 0.493 e. The summed E-state index contributed by atoms with van der Waals surface area (Å²) < 4.78 is 11.5. The Bertz CT molecular complexity index is 1360. The van der Waals surface area contributed by atoms with Crippen molar-refractivity contribution in [2.45, 2.75) is 12.8 Å². The number of nitrogens with one attached hydrogen (secondary N) is 2. The molecule has 0 atom stereocenters. The van der Waals surface area contributed by atoms with Crippen molar-refractivity contribution in [3.63, 3.8) is 0 Å². The predicted molar refractivity (Wildman–Crippen MR) is 130 cm³/mol. The number of H-pyrrole nitrogens is 1. The lowest BCUT2D eigenvalue weighted by molar-refractivity contribution is 0.230. The molecule has 5 rings (SSSR count). The van der Waals surface area contributed by atoms with Gasteiger partial charge in [-0.25, -0.2) is 9.97 Å². The maximum absolute atomic E-state index is 12.4. The topological polar surface area (TPSA) is 118 Å². The van der Waals surface area contributed by atoms with Gasteiger partial charge in [0.2, 0.25) is 5.95 Å². The van der Waals surface area contributed by atoms with Crippen LogP contribution in [0.2, 0.25) is 0 Å². The monoisotopic (exact) mass is 446 g/mol. The van der Waals surface area contributed by atoms with Gasteiger partial charge < -0.3 is 25.5 Å². The van der Waals surface area contributed by atoms with Gasteiger partial charge in [-0.3, -0.25) is 9.69 Å². The smallest absolute Gasteiger partial charge is 0.256 e. The molecule has 4 aromatic rings. The minimum Gasteiger partial charge on any atom is -0.493 e. The Morgan fingerprint density at radius 3 is 2.79 bits per heavy atom. The number of nitrogen functional groups attached to an aromatic ring is 1. The Labute approximate surface area is 190 Å². The highest BCUT2D eigenvalue weighted by molar-refractivity contribution is 6.03. The summed E-state index contributed by atoms with van der Waals surface area (Å²) in [6.07, 6.45) is 4.12. The number of nitrogens with zero attached hydrogens (tertiary/aromatic N) is 3. The number of pyridine rings is 1. The highest BCUT2D eigenvalue weighted by atomic mass is 16.5. The number of fused-ring (bicyclic) bond motifs is 3. The Kier molecular flexibility index (Phi) is 5.70. The zero-order chi connectivity index (χ0) is 22.8. The minimum absolute atomic E-state index is 0.223. The summed E-state index contributed by atoms with van der Waals surface area (Å²) in [4.78, 5) is 26.6. The SMILES string of the molecule is COc1cc(Nc2ncc3[nH]c(=O)c4cc(N)ccc4c3n2)ccc1OCCN1CCCC1. The number of benzene rings is 2. The molecule has 4 N–H and O–H groups in total. The van der Waals surface area contributed by atoms with E-state index < -0.39 is 0 Å². The van der Waals surface area contributed by atoms with Gasteiger partial charge in [-0.1, -0.05) is 0 Å². The first-order valence-electron chi connectivity index (χ1n) is 11.0. The molecule has 0 amide bonds. The Hall–Kier alpha value is -3.85. The Morgan fingerprint density at radius 1 is 1.12 bits per heavy atom. The number of aromatic amines is 1. The van der Waals surface area contributed by atoms with Crippen LogP contribution >= 0.6 is 0 Å². The molecule has 170 valence electrons. The second-order valence-electron chi connectivity index (χ2n) is 8.10. The van der Waals surface area contributed by atoms with Gasteiger partial charge in [-0.15, -0.1) is 0 Å². The van der Waals surface area contributed by atoms with Gasteiger partial charge in [0.15, 0.2) is 11.5 Å². The summed E-state index contributed by atoms with van der Waals surface area (Å²) >= 11 is 0. The highest BCUT2D eigenvalue weighted by Crippen LogP contribution is 2.31. The number of methoxy groups -OCH3 is 1. The molecule has 1 saturated heterocycles. The van der Waals surface area contributed by atoms with E-state index in [1.165, 1.54) is 12.8 Å². The van der Waals surface area contributed by atoms with Crippen LogP contribution in [0.15, 0.2) is 47.4 Å². The van der Waals surface area contributed by atoms with E-state index in [4.69, 9.17) is 15.2 Å². The second-order valence-corrected chi connectivity index (χ2v) is 8.10. The molecule has 0 aliphatic carbocycles. The number of likely N-dealkylation sites (tertiary alicyclic amines) is 1. The number of nitrogens with two attached hydrogens (primary N) is 1. The van der Waals surface area contributed by atoms with Crippen molar-refractivity contribution in [2.75, 3.05) is 44.4 Å². The molecule has 0 spiro atoms. The third kappa shape index (κ3) is 4.40. The summed E-state index contributed by atoms with van der Waals surface area (Å²) in [5.41, 5.74) is 8.10. The summed E-state index contributed by atoms with van der Waals surface area (Å²) in [5, 5.41) is 4.41. The number of rotatable bonds is 7. The molecule has 0 bridgehead atoms. The van der Waals surface area contributed by atoms with Crippen LogP contribution < -0.4 is 26.1 Å². The first-order valence-corrected chi connectivity index (χ1v) is 11.0. The van der Waals surface area contributed by atoms with Gasteiger partial charge in [0.1, 0.15) is 12.1 Å². The Balaban J connectivity index is 1.37. The molecule has 2 aromatic carbocycles. The summed E-state index contributed by atoms with van der Waals surface area (Å²) in [5.74, 6) is 1.73. The van der Waals surface area contributed by atoms with Gasteiger partial charge in [-0.2, -0.15) is 0 Å². The number of ether oxygens (including phenoxy) is 2. The van der Waals surface area contributed by atoms with Crippen LogP contribution in [0.3, 0.4) is 0 Å². The lowest BCUT2D eigenvalue weighted by Gasteiger charge is -2.16. The van der Waals surface area contributed by atoms with Gasteiger partial charge in [0.05, 0.1) is 24.2 Å². The van der Waals surface area contributed by atoms with Crippen molar-refractivity contribution < 1.29 is 9.47 Å². The molecule has 1 aliphatic heterocycles. The first-order chi connectivity index (χ1) is 16.1. The molecule has 1 aliphatic rings. The molecule has 9 nitrogen and oxygen atoms in total. The lowest BCUT2D eigenvalue weighted by Crippen LogP contribution is -2.25. The number of hydrogen-bond acceptors (Lipinski definition) is 8. The van der Waals surface area contributed by atoms with Crippen LogP contribution in [0.4, 0.5) is 17.3 Å². The van der Waals surface area contributed by atoms with Crippen molar-refractivity contribution in [1.82, 2.24) is 19.9 Å². The van der Waals surface area contributed by atoms with Crippen molar-refractivity contribution in [3.8, 4) is 11.5 Å². The van der Waals surface area contributed by atoms with Crippen molar-refractivity contribution in [3.05, 3.63) is 52.9 Å². The van der Waals surface area contributed by atoms with Crippen LogP contribution in [-0.4, -0.2) is 53.2 Å². The average molecular weight is 447 g/mol. The molecule has 1 fully saturated rings. The molecule has 33 heavy (non-hydrogen) atoms. The van der Waals surface area contributed by atoms with Gasteiger partial charge >= 0.3 is 0 Å². The van der Waals surface area contributed by atoms with Crippen molar-refractivity contribution >= 4 is 39.1 Å². The molecular weight excluding hydrogens is 420 g/mol. The summed E-state index contributed by atoms with van der Waals surface area (Å²) in [6, 6.07) is 10.8. The molecule has 0 saturated carbocycles. The zero-order valence-electron chi connectivity index (χ0n) is 18.4. The number of anilines is 3. The van der Waals surface area contributed by atoms with Crippen LogP contribution in [0.5, 0.6) is 11.5 Å². The predicted octanol–water partition coefficient (Wildman–Crippen LogP) is 3.28. The van der Waals surface area contributed by atoms with E-state index in [9.17, 15) is 4.79 Å². The third-order valence-electron chi connectivity index (χ3n) is 5.86. The molecule has 2 aromatic heterocycles. The molecule has 0 radical (unpaired) electrons. The van der Waals surface area contributed by atoms with Crippen molar-refractivity contribution in [1.29, 1.82) is 0 Å². The van der Waals surface area contributed by atoms with E-state index in [1.807, 2.05) is 18.2 Å². The fraction of sp³-hybridized carbons (Fsp3) is 0.292. The fourth-order valence-electron chi connectivity index (χ4n) is 4.17. The lowest BCUT2D eigenvalue weighted by atomic mass is 10.1. The van der Waals surface area contributed by atoms with E-state index in [2.05, 4.69) is 25.2 Å². The van der Waals surface area contributed by atoms with Crippen LogP contribution in [0.1, 0.15) is 12.8 Å². The summed E-state index contributed by atoms with van der Waals surface area (Å²) in [7, 11) is 1.62. The normalized spacial score (nSPS) is 14.1. The standard InChI is InChI=1S/C24H26N6O3/c1-32-21-13-16(5-7-20(21)33-11-10-30-8-2-3-9-30)27-24-26-14-19-22(29-24)17-6-4-15(25)12-18(17)23(31)28-19/h4-7,12-14H,2-3,8-11,25H2,1H3,(H,28,31)(H,26,27,29). The van der Waals surface area contributed by atoms with Gasteiger partial charge in [0.25, 0.3) is 5.56 Å². The molecule has 3 heterocycles. The van der Waals surface area contributed by atoms with Gasteiger partial charge in [0, 0.05) is 29.4 Å². The number of hydrogen-bond donors (Lipinski definition) is 3.